The van der Waals surface area contributed by atoms with Crippen LogP contribution in [-0.2, 0) is 4.74 Å². The van der Waals surface area contributed by atoms with Crippen LogP contribution in [0, 0.1) is 0 Å². The Morgan fingerprint density at radius 3 is 2.75 bits per heavy atom. The van der Waals surface area contributed by atoms with Crippen LogP contribution < -0.4 is 5.32 Å². The van der Waals surface area contributed by atoms with Gasteiger partial charge in [0, 0.05) is 43.3 Å². The van der Waals surface area contributed by atoms with Gasteiger partial charge in [0.1, 0.15) is 0 Å². The lowest BCUT2D eigenvalue weighted by Crippen LogP contribution is -2.47. The van der Waals surface area contributed by atoms with E-state index >= 15 is 0 Å². The van der Waals surface area contributed by atoms with Crippen molar-refractivity contribution in [2.24, 2.45) is 0 Å². The van der Waals surface area contributed by atoms with Crippen LogP contribution in [0.25, 0.3) is 11.0 Å². The van der Waals surface area contributed by atoms with E-state index in [-0.39, 0.29) is 11.9 Å². The molecule has 2 aromatic rings. The quantitative estimate of drug-likeness (QED) is 0.898. The van der Waals surface area contributed by atoms with Crippen molar-refractivity contribution < 1.29 is 9.53 Å². The van der Waals surface area contributed by atoms with Gasteiger partial charge in [-0.1, -0.05) is 0 Å². The van der Waals surface area contributed by atoms with Crippen molar-refractivity contribution >= 4 is 16.9 Å². The Labute approximate surface area is 142 Å². The van der Waals surface area contributed by atoms with Crippen LogP contribution in [0.5, 0.6) is 0 Å². The van der Waals surface area contributed by atoms with Gasteiger partial charge in [-0.3, -0.25) is 9.69 Å². The number of rotatable bonds is 5. The summed E-state index contributed by atoms with van der Waals surface area (Å²) in [5.74, 6) is -0.0955. The van der Waals surface area contributed by atoms with Gasteiger partial charge in [0.2, 0.25) is 0 Å². The second kappa shape index (κ2) is 7.27. The highest BCUT2D eigenvalue weighted by Gasteiger charge is 2.18. The van der Waals surface area contributed by atoms with E-state index in [1.54, 1.807) is 12.4 Å². The number of hydrogen-bond acceptors (Lipinski definition) is 5. The summed E-state index contributed by atoms with van der Waals surface area (Å²) in [6, 6.07) is 2.38. The molecule has 1 amide bonds. The van der Waals surface area contributed by atoms with E-state index < -0.39 is 0 Å². The molecule has 2 aromatic heterocycles. The molecule has 1 aliphatic heterocycles. The summed E-state index contributed by atoms with van der Waals surface area (Å²) in [6.45, 7) is 10.2. The molecule has 7 nitrogen and oxygen atoms in total. The summed E-state index contributed by atoms with van der Waals surface area (Å²) in [5.41, 5.74) is 1.38. The summed E-state index contributed by atoms with van der Waals surface area (Å²) in [7, 11) is 0. The average molecular weight is 331 g/mol. The van der Waals surface area contributed by atoms with Crippen LogP contribution in [-0.4, -0.2) is 64.5 Å². The van der Waals surface area contributed by atoms with Crippen molar-refractivity contribution in [2.75, 3.05) is 32.8 Å². The van der Waals surface area contributed by atoms with E-state index in [0.717, 1.165) is 37.3 Å². The normalized spacial score (nSPS) is 17.3. The highest BCUT2D eigenvalue weighted by atomic mass is 16.5. The fourth-order valence-corrected chi connectivity index (χ4v) is 2.93. The fraction of sp³-hybridized carbons (Fsp3) is 0.588. The molecule has 3 heterocycles. The summed E-state index contributed by atoms with van der Waals surface area (Å²) in [4.78, 5) is 19.1. The molecule has 0 aromatic carbocycles. The number of fused-ring (bicyclic) bond motifs is 1. The number of nitrogens with one attached hydrogen (secondary N) is 1. The third-order valence-electron chi connectivity index (χ3n) is 4.41. The van der Waals surface area contributed by atoms with Crippen LogP contribution in [0.3, 0.4) is 0 Å². The molecule has 3 rings (SSSR count). The minimum Gasteiger partial charge on any atom is -0.379 e. The van der Waals surface area contributed by atoms with E-state index in [4.69, 9.17) is 4.74 Å². The van der Waals surface area contributed by atoms with Gasteiger partial charge < -0.3 is 10.1 Å². The Hall–Kier alpha value is -1.99. The van der Waals surface area contributed by atoms with E-state index in [9.17, 15) is 4.79 Å². The standard InChI is InChI=1S/C17H25N5O2/c1-12(2)22-16-14(11-20-22)8-15(10-18-16)17(23)19-9-13(3)21-4-6-24-7-5-21/h8,10-13H,4-7,9H2,1-3H3,(H,19,23)/t13-/m0/s1. The molecule has 0 saturated carbocycles. The molecule has 1 saturated heterocycles. The predicted molar refractivity (Wildman–Crippen MR) is 92.1 cm³/mol. The molecule has 1 N–H and O–H groups in total. The van der Waals surface area contributed by atoms with Crippen molar-refractivity contribution in [3.63, 3.8) is 0 Å². The number of hydrogen-bond donors (Lipinski definition) is 1. The molecule has 0 unspecified atom stereocenters. The van der Waals surface area contributed by atoms with Gasteiger partial charge in [0.05, 0.1) is 25.0 Å². The van der Waals surface area contributed by atoms with Crippen LogP contribution >= 0.6 is 0 Å². The lowest BCUT2D eigenvalue weighted by Gasteiger charge is -2.32. The van der Waals surface area contributed by atoms with Gasteiger partial charge in [-0.15, -0.1) is 0 Å². The first-order valence-electron chi connectivity index (χ1n) is 8.49. The smallest absolute Gasteiger partial charge is 0.252 e. The maximum Gasteiger partial charge on any atom is 0.252 e. The Morgan fingerprint density at radius 1 is 1.29 bits per heavy atom. The van der Waals surface area contributed by atoms with Crippen LogP contribution in [0.15, 0.2) is 18.5 Å². The first-order chi connectivity index (χ1) is 11.6. The van der Waals surface area contributed by atoms with Crippen molar-refractivity contribution in [1.29, 1.82) is 0 Å². The first kappa shape index (κ1) is 16.9. The monoisotopic (exact) mass is 331 g/mol. The van der Waals surface area contributed by atoms with Gasteiger partial charge in [-0.05, 0) is 26.8 Å². The van der Waals surface area contributed by atoms with E-state index in [0.29, 0.717) is 18.2 Å². The number of carbonyl (C=O) groups is 1. The lowest BCUT2D eigenvalue weighted by atomic mass is 10.2. The maximum absolute atomic E-state index is 12.4. The number of morpholine rings is 1. The first-order valence-corrected chi connectivity index (χ1v) is 8.49. The van der Waals surface area contributed by atoms with Gasteiger partial charge in [0.25, 0.3) is 5.91 Å². The van der Waals surface area contributed by atoms with Crippen LogP contribution in [0.4, 0.5) is 0 Å². The predicted octanol–water partition coefficient (Wildman–Crippen LogP) is 1.46. The van der Waals surface area contributed by atoms with E-state index in [1.807, 2.05) is 10.7 Å². The van der Waals surface area contributed by atoms with Gasteiger partial charge in [-0.25, -0.2) is 9.67 Å². The van der Waals surface area contributed by atoms with Crippen LogP contribution in [0.2, 0.25) is 0 Å². The number of aromatic nitrogens is 3. The molecule has 1 fully saturated rings. The van der Waals surface area contributed by atoms with Gasteiger partial charge in [-0.2, -0.15) is 5.10 Å². The summed E-state index contributed by atoms with van der Waals surface area (Å²) >= 11 is 0. The fourth-order valence-electron chi connectivity index (χ4n) is 2.93. The zero-order valence-corrected chi connectivity index (χ0v) is 14.5. The summed E-state index contributed by atoms with van der Waals surface area (Å²) in [5, 5.41) is 8.22. The van der Waals surface area contributed by atoms with E-state index in [1.165, 1.54) is 0 Å². The number of ether oxygens (including phenoxy) is 1. The second-order valence-electron chi connectivity index (χ2n) is 6.53. The Morgan fingerprint density at radius 2 is 2.04 bits per heavy atom. The molecule has 24 heavy (non-hydrogen) atoms. The zero-order valence-electron chi connectivity index (χ0n) is 14.5. The highest BCUT2D eigenvalue weighted by molar-refractivity contribution is 5.96. The average Bonchev–Trinajstić information content (AvgIpc) is 3.03. The molecular weight excluding hydrogens is 306 g/mol. The van der Waals surface area contributed by atoms with E-state index in [2.05, 4.69) is 41.1 Å². The number of nitrogens with zero attached hydrogens (tertiary/aromatic N) is 4. The molecule has 0 bridgehead atoms. The number of amides is 1. The van der Waals surface area contributed by atoms with Crippen LogP contribution in [0.1, 0.15) is 37.2 Å². The Kier molecular flexibility index (Phi) is 5.11. The molecule has 0 aliphatic carbocycles. The minimum absolute atomic E-state index is 0.0955. The van der Waals surface area contributed by atoms with Crippen molar-refractivity contribution in [1.82, 2.24) is 25.0 Å². The molecule has 130 valence electrons. The molecule has 0 radical (unpaired) electrons. The Bertz CT molecular complexity index is 706. The SMILES string of the molecule is CC(C)n1ncc2cc(C(=O)NC[C@H](C)N3CCOCC3)cnc21. The molecule has 0 spiro atoms. The van der Waals surface area contributed by atoms with Crippen molar-refractivity contribution in [3.05, 3.63) is 24.0 Å². The topological polar surface area (TPSA) is 72.3 Å². The maximum atomic E-state index is 12.4. The molecule has 1 aliphatic rings. The number of pyridine rings is 1. The van der Waals surface area contributed by atoms with Crippen molar-refractivity contribution in [3.8, 4) is 0 Å². The van der Waals surface area contributed by atoms with Crippen molar-refractivity contribution in [2.45, 2.75) is 32.9 Å². The summed E-state index contributed by atoms with van der Waals surface area (Å²) in [6.07, 6.45) is 3.38. The molecule has 1 atom stereocenters. The highest BCUT2D eigenvalue weighted by Crippen LogP contribution is 2.16. The van der Waals surface area contributed by atoms with Gasteiger partial charge in [0.15, 0.2) is 5.65 Å². The molecular formula is C17H25N5O2. The third-order valence-corrected chi connectivity index (χ3v) is 4.41. The third kappa shape index (κ3) is 3.57. The summed E-state index contributed by atoms with van der Waals surface area (Å²) < 4.78 is 7.22. The number of carbonyl (C=O) groups excluding carboxylic acids is 1. The molecule has 7 heteroatoms. The largest absolute Gasteiger partial charge is 0.379 e. The zero-order chi connectivity index (χ0) is 17.1. The lowest BCUT2D eigenvalue weighted by molar-refractivity contribution is 0.0204. The minimum atomic E-state index is -0.0955. The second-order valence-corrected chi connectivity index (χ2v) is 6.53. The van der Waals surface area contributed by atoms with Gasteiger partial charge >= 0.3 is 0 Å². The Balaban J connectivity index is 1.63.